The molecule has 0 amide bonds. The largest absolute Gasteiger partial charge is 0.460 e. The van der Waals surface area contributed by atoms with E-state index in [1.807, 2.05) is 19.1 Å². The quantitative estimate of drug-likeness (QED) is 0.683. The van der Waals surface area contributed by atoms with Crippen LogP contribution < -0.4 is 5.56 Å². The standard InChI is InChI=1S/C16H15N3O2S/c1-10-6-7-11(21-10)8-18-19-9-17-15-14(16(19)20)12-4-2-3-5-13(12)22-15/h6-9H,2-5H2,1H3. The summed E-state index contributed by atoms with van der Waals surface area (Å²) in [7, 11) is 0. The van der Waals surface area contributed by atoms with Gasteiger partial charge in [-0.25, -0.2) is 4.98 Å². The van der Waals surface area contributed by atoms with Gasteiger partial charge in [0.25, 0.3) is 5.56 Å². The molecule has 0 N–H and O–H groups in total. The molecule has 112 valence electrons. The Balaban J connectivity index is 1.80. The van der Waals surface area contributed by atoms with Crippen molar-refractivity contribution in [2.45, 2.75) is 32.6 Å². The number of fused-ring (bicyclic) bond motifs is 3. The van der Waals surface area contributed by atoms with E-state index < -0.39 is 0 Å². The Morgan fingerprint density at radius 3 is 3.05 bits per heavy atom. The van der Waals surface area contributed by atoms with E-state index in [9.17, 15) is 4.79 Å². The topological polar surface area (TPSA) is 60.4 Å². The molecule has 0 saturated carbocycles. The van der Waals surface area contributed by atoms with Crippen LogP contribution in [0.25, 0.3) is 10.2 Å². The molecule has 0 spiro atoms. The van der Waals surface area contributed by atoms with Crippen LogP contribution in [0, 0.1) is 6.92 Å². The Morgan fingerprint density at radius 1 is 1.36 bits per heavy atom. The van der Waals surface area contributed by atoms with Gasteiger partial charge in [-0.2, -0.15) is 9.78 Å². The van der Waals surface area contributed by atoms with Crippen molar-refractivity contribution in [1.82, 2.24) is 9.66 Å². The number of rotatable bonds is 2. The molecule has 3 aromatic rings. The lowest BCUT2D eigenvalue weighted by Gasteiger charge is -2.09. The molecule has 0 bridgehead atoms. The maximum atomic E-state index is 12.7. The molecule has 0 atom stereocenters. The molecule has 0 saturated heterocycles. The first-order valence-electron chi connectivity index (χ1n) is 7.35. The number of hydrogen-bond donors (Lipinski definition) is 0. The molecule has 3 heterocycles. The summed E-state index contributed by atoms with van der Waals surface area (Å²) >= 11 is 1.65. The molecule has 1 aliphatic rings. The van der Waals surface area contributed by atoms with E-state index in [1.54, 1.807) is 17.6 Å². The van der Waals surface area contributed by atoms with E-state index in [1.165, 1.54) is 27.9 Å². The lowest BCUT2D eigenvalue weighted by molar-refractivity contribution is 0.527. The van der Waals surface area contributed by atoms with E-state index >= 15 is 0 Å². The van der Waals surface area contributed by atoms with Crippen molar-refractivity contribution in [3.05, 3.63) is 50.8 Å². The van der Waals surface area contributed by atoms with Crippen LogP contribution in [0.1, 0.15) is 34.8 Å². The Kier molecular flexibility index (Phi) is 3.18. The molecule has 6 heteroatoms. The number of nitrogens with zero attached hydrogens (tertiary/aromatic N) is 3. The number of aromatic nitrogens is 2. The van der Waals surface area contributed by atoms with E-state index in [2.05, 4.69) is 10.1 Å². The summed E-state index contributed by atoms with van der Waals surface area (Å²) in [6.07, 6.45) is 7.40. The Labute approximate surface area is 130 Å². The van der Waals surface area contributed by atoms with Gasteiger partial charge in [0.2, 0.25) is 0 Å². The molecule has 0 unspecified atom stereocenters. The van der Waals surface area contributed by atoms with Crippen molar-refractivity contribution >= 4 is 27.8 Å². The SMILES string of the molecule is Cc1ccc(C=Nn2cnc3sc4c(c3c2=O)CCCC4)o1. The third-order valence-electron chi connectivity index (χ3n) is 3.93. The molecular weight excluding hydrogens is 298 g/mol. The minimum atomic E-state index is -0.0936. The summed E-state index contributed by atoms with van der Waals surface area (Å²) < 4.78 is 6.72. The number of hydrogen-bond acceptors (Lipinski definition) is 5. The Hall–Kier alpha value is -2.21. The number of thiophene rings is 1. The minimum absolute atomic E-state index is 0.0936. The van der Waals surface area contributed by atoms with Crippen molar-refractivity contribution in [3.8, 4) is 0 Å². The minimum Gasteiger partial charge on any atom is -0.460 e. The molecule has 3 aromatic heterocycles. The van der Waals surface area contributed by atoms with Gasteiger partial charge in [0, 0.05) is 4.88 Å². The zero-order chi connectivity index (χ0) is 15.1. The molecular formula is C16H15N3O2S. The van der Waals surface area contributed by atoms with Crippen molar-refractivity contribution in [2.24, 2.45) is 5.10 Å². The van der Waals surface area contributed by atoms with Crippen LogP contribution in [0.2, 0.25) is 0 Å². The van der Waals surface area contributed by atoms with E-state index in [0.717, 1.165) is 35.2 Å². The highest BCUT2D eigenvalue weighted by Crippen LogP contribution is 2.33. The van der Waals surface area contributed by atoms with Crippen LogP contribution in [0.5, 0.6) is 0 Å². The van der Waals surface area contributed by atoms with Crippen molar-refractivity contribution < 1.29 is 4.42 Å². The van der Waals surface area contributed by atoms with E-state index in [4.69, 9.17) is 4.42 Å². The predicted molar refractivity (Wildman–Crippen MR) is 87.0 cm³/mol. The fourth-order valence-electron chi connectivity index (χ4n) is 2.86. The summed E-state index contributed by atoms with van der Waals surface area (Å²) in [4.78, 5) is 19.2. The molecule has 5 nitrogen and oxygen atoms in total. The van der Waals surface area contributed by atoms with Gasteiger partial charge in [0.15, 0.2) is 0 Å². The highest BCUT2D eigenvalue weighted by molar-refractivity contribution is 7.18. The van der Waals surface area contributed by atoms with Gasteiger partial charge in [0.05, 0.1) is 11.6 Å². The molecule has 1 aliphatic carbocycles. The molecule has 0 aliphatic heterocycles. The molecule has 4 rings (SSSR count). The van der Waals surface area contributed by atoms with Crippen LogP contribution in [0.15, 0.2) is 32.8 Å². The third-order valence-corrected chi connectivity index (χ3v) is 5.13. The van der Waals surface area contributed by atoms with Crippen LogP contribution in [0.4, 0.5) is 0 Å². The average Bonchev–Trinajstić information content (AvgIpc) is 3.10. The number of aryl methyl sites for hydroxylation is 3. The smallest absolute Gasteiger partial charge is 0.282 e. The summed E-state index contributed by atoms with van der Waals surface area (Å²) in [5.74, 6) is 1.44. The summed E-state index contributed by atoms with van der Waals surface area (Å²) in [5, 5.41) is 4.94. The fourth-order valence-corrected chi connectivity index (χ4v) is 4.08. The predicted octanol–water partition coefficient (Wildman–Crippen LogP) is 3.12. The second-order valence-electron chi connectivity index (χ2n) is 5.48. The first kappa shape index (κ1) is 13.5. The fraction of sp³-hybridized carbons (Fsp3) is 0.312. The molecule has 0 aromatic carbocycles. The van der Waals surface area contributed by atoms with Gasteiger partial charge in [-0.05, 0) is 50.3 Å². The monoisotopic (exact) mass is 313 g/mol. The zero-order valence-electron chi connectivity index (χ0n) is 12.2. The van der Waals surface area contributed by atoms with E-state index in [0.29, 0.717) is 5.76 Å². The van der Waals surface area contributed by atoms with Crippen LogP contribution in [0.3, 0.4) is 0 Å². The van der Waals surface area contributed by atoms with Gasteiger partial charge in [-0.15, -0.1) is 11.3 Å². The van der Waals surface area contributed by atoms with Crippen molar-refractivity contribution in [1.29, 1.82) is 0 Å². The molecule has 0 fully saturated rings. The van der Waals surface area contributed by atoms with Crippen LogP contribution in [-0.4, -0.2) is 15.9 Å². The summed E-state index contributed by atoms with van der Waals surface area (Å²) in [6, 6.07) is 3.68. The maximum absolute atomic E-state index is 12.7. The van der Waals surface area contributed by atoms with Gasteiger partial charge in [-0.1, -0.05) is 0 Å². The highest BCUT2D eigenvalue weighted by Gasteiger charge is 2.19. The third kappa shape index (κ3) is 2.20. The second-order valence-corrected chi connectivity index (χ2v) is 6.56. The first-order chi connectivity index (χ1) is 10.7. The summed E-state index contributed by atoms with van der Waals surface area (Å²) in [5.41, 5.74) is 1.09. The Morgan fingerprint density at radius 2 is 2.23 bits per heavy atom. The Bertz CT molecular complexity index is 933. The van der Waals surface area contributed by atoms with Gasteiger partial charge < -0.3 is 4.42 Å². The van der Waals surface area contributed by atoms with Gasteiger partial charge in [0.1, 0.15) is 22.7 Å². The van der Waals surface area contributed by atoms with Crippen molar-refractivity contribution in [3.63, 3.8) is 0 Å². The van der Waals surface area contributed by atoms with E-state index in [-0.39, 0.29) is 5.56 Å². The summed E-state index contributed by atoms with van der Waals surface area (Å²) in [6.45, 7) is 1.87. The van der Waals surface area contributed by atoms with Crippen LogP contribution >= 0.6 is 11.3 Å². The molecule has 0 radical (unpaired) electrons. The highest BCUT2D eigenvalue weighted by atomic mass is 32.1. The maximum Gasteiger partial charge on any atom is 0.282 e. The second kappa shape index (κ2) is 5.21. The first-order valence-corrected chi connectivity index (χ1v) is 8.17. The number of furan rings is 1. The molecule has 22 heavy (non-hydrogen) atoms. The van der Waals surface area contributed by atoms with Crippen LogP contribution in [-0.2, 0) is 12.8 Å². The van der Waals surface area contributed by atoms with Gasteiger partial charge in [-0.3, -0.25) is 4.79 Å². The zero-order valence-corrected chi connectivity index (χ0v) is 13.0. The van der Waals surface area contributed by atoms with Gasteiger partial charge >= 0.3 is 0 Å². The lowest BCUT2D eigenvalue weighted by Crippen LogP contribution is -2.17. The average molecular weight is 313 g/mol. The normalized spacial score (nSPS) is 14.8. The lowest BCUT2D eigenvalue weighted by atomic mass is 9.97. The van der Waals surface area contributed by atoms with Crippen molar-refractivity contribution in [2.75, 3.05) is 0 Å².